The van der Waals surface area contributed by atoms with Crippen molar-refractivity contribution < 1.29 is 33.6 Å². The first-order valence-electron chi connectivity index (χ1n) is 13.3. The molecule has 0 radical (unpaired) electrons. The standard InChI is InChI=1S/C32H37NO7/c1-36-27-15-14-22(8-13-25-18-29(37-2)31(39-4)30(19-25)38-3)17-28(27)40-21-24-11-9-23(10-12-24)20-33-16-6-5-7-26(33)32(34)35/h8-15,17-19,26H,5-7,16,20-21H2,1-4H3,(H,34,35)/b13-8-/t26-/m1/s1. The minimum atomic E-state index is -0.737. The Morgan fingerprint density at radius 3 is 2.05 bits per heavy atom. The molecule has 40 heavy (non-hydrogen) atoms. The van der Waals surface area contributed by atoms with Gasteiger partial charge in [-0.2, -0.15) is 0 Å². The van der Waals surface area contributed by atoms with Gasteiger partial charge in [0.05, 0.1) is 28.4 Å². The summed E-state index contributed by atoms with van der Waals surface area (Å²) in [7, 11) is 6.38. The zero-order chi connectivity index (χ0) is 28.5. The van der Waals surface area contributed by atoms with Crippen molar-refractivity contribution in [1.29, 1.82) is 0 Å². The summed E-state index contributed by atoms with van der Waals surface area (Å²) in [5.74, 6) is 2.26. The molecular formula is C32H37NO7. The molecule has 0 spiro atoms. The van der Waals surface area contributed by atoms with Gasteiger partial charge in [-0.15, -0.1) is 0 Å². The molecule has 3 aromatic carbocycles. The van der Waals surface area contributed by atoms with Gasteiger partial charge in [0.25, 0.3) is 0 Å². The number of hydrogen-bond donors (Lipinski definition) is 1. The molecule has 1 aliphatic heterocycles. The first-order chi connectivity index (χ1) is 19.4. The molecule has 0 saturated carbocycles. The number of ether oxygens (including phenoxy) is 5. The van der Waals surface area contributed by atoms with Crippen LogP contribution in [0.2, 0.25) is 0 Å². The van der Waals surface area contributed by atoms with Crippen molar-refractivity contribution in [2.24, 2.45) is 0 Å². The molecule has 0 amide bonds. The van der Waals surface area contributed by atoms with Gasteiger partial charge < -0.3 is 28.8 Å². The van der Waals surface area contributed by atoms with Crippen molar-refractivity contribution >= 4 is 18.1 Å². The molecule has 0 aliphatic carbocycles. The Kier molecular flexibility index (Phi) is 9.91. The monoisotopic (exact) mass is 547 g/mol. The minimum absolute atomic E-state index is 0.373. The van der Waals surface area contributed by atoms with Gasteiger partial charge in [0.1, 0.15) is 12.6 Å². The van der Waals surface area contributed by atoms with Crippen LogP contribution in [0.15, 0.2) is 54.6 Å². The normalized spacial score (nSPS) is 15.6. The van der Waals surface area contributed by atoms with Gasteiger partial charge in [-0.05, 0) is 65.9 Å². The van der Waals surface area contributed by atoms with Crippen LogP contribution in [0.1, 0.15) is 41.5 Å². The molecule has 4 rings (SSSR count). The van der Waals surface area contributed by atoms with Crippen LogP contribution >= 0.6 is 0 Å². The fraction of sp³-hybridized carbons (Fsp3) is 0.344. The van der Waals surface area contributed by atoms with Crippen molar-refractivity contribution in [3.63, 3.8) is 0 Å². The molecule has 0 aromatic heterocycles. The second kappa shape index (κ2) is 13.8. The highest BCUT2D eigenvalue weighted by molar-refractivity contribution is 5.74. The van der Waals surface area contributed by atoms with E-state index in [0.29, 0.717) is 48.3 Å². The Balaban J connectivity index is 1.43. The van der Waals surface area contributed by atoms with E-state index in [-0.39, 0.29) is 0 Å². The highest BCUT2D eigenvalue weighted by Gasteiger charge is 2.28. The Bertz CT molecular complexity index is 1290. The Morgan fingerprint density at radius 1 is 0.800 bits per heavy atom. The van der Waals surface area contributed by atoms with Crippen molar-refractivity contribution in [2.75, 3.05) is 35.0 Å². The number of hydrogen-bond acceptors (Lipinski definition) is 7. The molecule has 8 nitrogen and oxygen atoms in total. The maximum Gasteiger partial charge on any atom is 0.320 e. The molecular weight excluding hydrogens is 510 g/mol. The van der Waals surface area contributed by atoms with Crippen molar-refractivity contribution in [1.82, 2.24) is 4.90 Å². The molecule has 1 aliphatic rings. The minimum Gasteiger partial charge on any atom is -0.493 e. The molecule has 8 heteroatoms. The molecule has 212 valence electrons. The fourth-order valence-corrected chi connectivity index (χ4v) is 4.90. The Hall–Kier alpha value is -4.17. The summed E-state index contributed by atoms with van der Waals surface area (Å²) in [6.45, 7) is 1.82. The van der Waals surface area contributed by atoms with E-state index in [1.165, 1.54) is 0 Å². The topological polar surface area (TPSA) is 86.7 Å². The summed E-state index contributed by atoms with van der Waals surface area (Å²) >= 11 is 0. The lowest BCUT2D eigenvalue weighted by atomic mass is 10.0. The average Bonchev–Trinajstić information content (AvgIpc) is 2.99. The third-order valence-corrected chi connectivity index (χ3v) is 7.04. The largest absolute Gasteiger partial charge is 0.493 e. The predicted octanol–water partition coefficient (Wildman–Crippen LogP) is 5.91. The number of benzene rings is 3. The SMILES string of the molecule is COc1ccc(/C=C\c2cc(OC)c(OC)c(OC)c2)cc1OCc1ccc(CN2CCCC[C@@H]2C(=O)O)cc1. The van der Waals surface area contributed by atoms with Gasteiger partial charge in [-0.1, -0.05) is 48.9 Å². The van der Waals surface area contributed by atoms with Crippen LogP contribution in [0, 0.1) is 0 Å². The van der Waals surface area contributed by atoms with E-state index in [0.717, 1.165) is 41.6 Å². The predicted molar refractivity (Wildman–Crippen MR) is 154 cm³/mol. The van der Waals surface area contributed by atoms with E-state index in [2.05, 4.69) is 4.90 Å². The molecule has 1 fully saturated rings. The summed E-state index contributed by atoms with van der Waals surface area (Å²) in [4.78, 5) is 13.7. The number of carbonyl (C=O) groups is 1. The molecule has 3 aromatic rings. The van der Waals surface area contributed by atoms with Gasteiger partial charge in [-0.3, -0.25) is 9.69 Å². The number of carboxylic acid groups (broad SMARTS) is 1. The van der Waals surface area contributed by atoms with Crippen LogP contribution in [0.5, 0.6) is 28.7 Å². The molecule has 1 saturated heterocycles. The lowest BCUT2D eigenvalue weighted by molar-refractivity contribution is -0.144. The third kappa shape index (κ3) is 7.07. The summed E-state index contributed by atoms with van der Waals surface area (Å²) in [5.41, 5.74) is 3.94. The highest BCUT2D eigenvalue weighted by atomic mass is 16.5. The molecule has 0 bridgehead atoms. The number of nitrogens with zero attached hydrogens (tertiary/aromatic N) is 1. The number of carboxylic acids is 1. The van der Waals surface area contributed by atoms with Gasteiger partial charge in [0, 0.05) is 6.54 Å². The zero-order valence-electron chi connectivity index (χ0n) is 23.5. The van der Waals surface area contributed by atoms with Crippen molar-refractivity contribution in [3.8, 4) is 28.7 Å². The quantitative estimate of drug-likeness (QED) is 0.280. The van der Waals surface area contributed by atoms with Crippen LogP contribution in [0.4, 0.5) is 0 Å². The number of rotatable bonds is 12. The van der Waals surface area contributed by atoms with Crippen LogP contribution in [-0.2, 0) is 17.9 Å². The first-order valence-corrected chi connectivity index (χ1v) is 13.3. The zero-order valence-corrected chi connectivity index (χ0v) is 23.5. The highest BCUT2D eigenvalue weighted by Crippen LogP contribution is 2.39. The number of methoxy groups -OCH3 is 4. The van der Waals surface area contributed by atoms with Crippen molar-refractivity contribution in [2.45, 2.75) is 38.5 Å². The Morgan fingerprint density at radius 2 is 1.43 bits per heavy atom. The van der Waals surface area contributed by atoms with E-state index in [9.17, 15) is 9.90 Å². The number of aliphatic carboxylic acids is 1. The first kappa shape index (κ1) is 28.8. The second-order valence-corrected chi connectivity index (χ2v) is 9.63. The van der Waals surface area contributed by atoms with Crippen LogP contribution in [-0.4, -0.2) is 57.0 Å². The van der Waals surface area contributed by atoms with Gasteiger partial charge >= 0.3 is 5.97 Å². The van der Waals surface area contributed by atoms with E-state index in [1.807, 2.05) is 66.7 Å². The van der Waals surface area contributed by atoms with E-state index < -0.39 is 12.0 Å². The van der Waals surface area contributed by atoms with Crippen molar-refractivity contribution in [3.05, 3.63) is 76.9 Å². The molecule has 1 heterocycles. The van der Waals surface area contributed by atoms with Crippen LogP contribution < -0.4 is 23.7 Å². The summed E-state index contributed by atoms with van der Waals surface area (Å²) in [6, 6.07) is 17.3. The van der Waals surface area contributed by atoms with Gasteiger partial charge in [-0.25, -0.2) is 0 Å². The lowest BCUT2D eigenvalue weighted by Gasteiger charge is -2.32. The molecule has 1 atom stereocenters. The maximum atomic E-state index is 11.6. The maximum absolute atomic E-state index is 11.6. The fourth-order valence-electron chi connectivity index (χ4n) is 4.90. The lowest BCUT2D eigenvalue weighted by Crippen LogP contribution is -2.43. The van der Waals surface area contributed by atoms with Gasteiger partial charge in [0.2, 0.25) is 5.75 Å². The summed E-state index contributed by atoms with van der Waals surface area (Å²) in [6.07, 6.45) is 6.65. The summed E-state index contributed by atoms with van der Waals surface area (Å²) < 4.78 is 28.0. The number of piperidine rings is 1. The number of likely N-dealkylation sites (tertiary alicyclic amines) is 1. The van der Waals surface area contributed by atoms with E-state index >= 15 is 0 Å². The van der Waals surface area contributed by atoms with E-state index in [4.69, 9.17) is 23.7 Å². The van der Waals surface area contributed by atoms with E-state index in [1.54, 1.807) is 28.4 Å². The second-order valence-electron chi connectivity index (χ2n) is 9.63. The molecule has 0 unspecified atom stereocenters. The van der Waals surface area contributed by atoms with Crippen LogP contribution in [0.3, 0.4) is 0 Å². The average molecular weight is 548 g/mol. The summed E-state index contributed by atoms with van der Waals surface area (Å²) in [5, 5.41) is 9.54. The smallest absolute Gasteiger partial charge is 0.320 e. The van der Waals surface area contributed by atoms with Gasteiger partial charge in [0.15, 0.2) is 23.0 Å². The Labute approximate surface area is 235 Å². The third-order valence-electron chi connectivity index (χ3n) is 7.04. The molecule has 1 N–H and O–H groups in total. The van der Waals surface area contributed by atoms with Crippen LogP contribution in [0.25, 0.3) is 12.2 Å².